The van der Waals surface area contributed by atoms with Crippen molar-refractivity contribution in [3.63, 3.8) is 0 Å². The van der Waals surface area contributed by atoms with Crippen molar-refractivity contribution in [1.82, 2.24) is 0 Å². The Kier molecular flexibility index (Phi) is 4.46. The number of hydrogen-bond donors (Lipinski definition) is 2. The van der Waals surface area contributed by atoms with Crippen LogP contribution >= 0.6 is 0 Å². The van der Waals surface area contributed by atoms with E-state index < -0.39 is 28.5 Å². The van der Waals surface area contributed by atoms with Crippen LogP contribution < -0.4 is 5.63 Å². The number of aliphatic hydroxyl groups is 1. The molecule has 1 aromatic heterocycles. The molecule has 3 saturated carbocycles. The summed E-state index contributed by atoms with van der Waals surface area (Å²) < 4.78 is 11.2. The van der Waals surface area contributed by atoms with Gasteiger partial charge in [0.1, 0.15) is 11.0 Å². The highest BCUT2D eigenvalue weighted by Gasteiger charge is 2.75. The molecule has 7 nitrogen and oxygen atoms in total. The minimum absolute atomic E-state index is 0.168. The zero-order chi connectivity index (χ0) is 22.2. The van der Waals surface area contributed by atoms with Crippen LogP contribution in [0.1, 0.15) is 70.3 Å². The van der Waals surface area contributed by atoms with Crippen molar-refractivity contribution in [2.24, 2.45) is 28.6 Å². The predicted molar refractivity (Wildman–Crippen MR) is 109 cm³/mol. The molecule has 5 rings (SSSR count). The highest BCUT2D eigenvalue weighted by molar-refractivity contribution is 5.83. The summed E-state index contributed by atoms with van der Waals surface area (Å²) in [5, 5.41) is 20.7. The van der Waals surface area contributed by atoms with Gasteiger partial charge in [-0.2, -0.15) is 0 Å². The molecular weight excluding hydrogens is 400 g/mol. The van der Waals surface area contributed by atoms with E-state index >= 15 is 0 Å². The molecule has 1 aliphatic heterocycles. The smallest absolute Gasteiger partial charge is 0.335 e. The number of ether oxygens (including phenoxy) is 1. The molecule has 1 aromatic rings. The maximum Gasteiger partial charge on any atom is 0.335 e. The Bertz CT molecular complexity index is 964. The van der Waals surface area contributed by atoms with Gasteiger partial charge in [-0.15, -0.1) is 0 Å². The molecule has 0 bridgehead atoms. The van der Waals surface area contributed by atoms with Gasteiger partial charge in [0.15, 0.2) is 0 Å². The van der Waals surface area contributed by atoms with Crippen molar-refractivity contribution in [3.8, 4) is 0 Å². The maximum atomic E-state index is 13.4. The minimum Gasteiger partial charge on any atom is -0.481 e. The summed E-state index contributed by atoms with van der Waals surface area (Å²) in [5.41, 5.74) is -2.50. The minimum atomic E-state index is -1.32. The Morgan fingerprint density at radius 1 is 1.10 bits per heavy atom. The number of esters is 1. The third kappa shape index (κ3) is 2.58. The lowest BCUT2D eigenvalue weighted by molar-refractivity contribution is -0.178. The zero-order valence-electron chi connectivity index (χ0n) is 18.0. The van der Waals surface area contributed by atoms with Crippen LogP contribution in [0.25, 0.3) is 0 Å². The average Bonchev–Trinajstić information content (AvgIpc) is 3.19. The number of carboxylic acid groups (broad SMARTS) is 1. The lowest BCUT2D eigenvalue weighted by atomic mass is 9.49. The van der Waals surface area contributed by atoms with Gasteiger partial charge < -0.3 is 19.4 Å². The second-order valence-electron chi connectivity index (χ2n) is 10.6. The van der Waals surface area contributed by atoms with Crippen molar-refractivity contribution >= 4 is 11.9 Å². The molecule has 1 spiro atoms. The van der Waals surface area contributed by atoms with Gasteiger partial charge in [-0.1, -0.05) is 6.92 Å². The molecule has 8 atom stereocenters. The highest BCUT2D eigenvalue weighted by Crippen LogP contribution is 2.69. The number of carbonyl (C=O) groups is 2. The molecular formula is C24H30O7. The Labute approximate surface area is 180 Å². The first-order valence-electron chi connectivity index (χ1n) is 11.4. The number of fused-ring (bicyclic) bond motifs is 4. The average molecular weight is 430 g/mol. The van der Waals surface area contributed by atoms with Gasteiger partial charge in [-0.05, 0) is 74.8 Å². The third-order valence-corrected chi connectivity index (χ3v) is 9.53. The largest absolute Gasteiger partial charge is 0.481 e. The summed E-state index contributed by atoms with van der Waals surface area (Å²) in [4.78, 5) is 37.6. The molecule has 4 aliphatic rings. The molecule has 0 unspecified atom stereocenters. The van der Waals surface area contributed by atoms with Crippen LogP contribution in [0, 0.1) is 28.6 Å². The maximum absolute atomic E-state index is 13.4. The topological polar surface area (TPSA) is 114 Å². The van der Waals surface area contributed by atoms with Gasteiger partial charge in [-0.3, -0.25) is 9.59 Å². The number of aliphatic carboxylic acids is 1. The second-order valence-corrected chi connectivity index (χ2v) is 10.6. The number of aliphatic hydroxyl groups excluding tert-OH is 1. The second kappa shape index (κ2) is 6.67. The van der Waals surface area contributed by atoms with Crippen molar-refractivity contribution in [3.05, 3.63) is 34.4 Å². The SMILES string of the molecule is C[C@]12CC[C@H](O)C[C@H]1CC[C@@H]1[C@@H]2C(=O)O[C@@]12CC[C@H](c1ccc(=O)oc1)[C@@]2(C)C(=O)O. The Hall–Kier alpha value is -2.15. The number of hydrogen-bond acceptors (Lipinski definition) is 6. The molecule has 4 fully saturated rings. The summed E-state index contributed by atoms with van der Waals surface area (Å²) >= 11 is 0. The van der Waals surface area contributed by atoms with E-state index in [-0.39, 0.29) is 35.2 Å². The standard InChI is InChI=1S/C24H30O7/c1-22-9-7-15(25)11-14(22)4-5-17-19(22)20(27)31-24(17)10-8-16(23(24,2)21(28)29)13-3-6-18(26)30-12-13/h3,6,12,14-17,19,25H,4-5,7-11H2,1-2H3,(H,28,29)/t14-,15+,16-,17-,19-,22+,23+,24+/m1/s1. The summed E-state index contributed by atoms with van der Waals surface area (Å²) in [6.45, 7) is 3.84. The highest BCUT2D eigenvalue weighted by atomic mass is 16.6. The third-order valence-electron chi connectivity index (χ3n) is 9.53. The molecule has 0 radical (unpaired) electrons. The Morgan fingerprint density at radius 3 is 2.55 bits per heavy atom. The number of carboxylic acids is 1. The predicted octanol–water partition coefficient (Wildman–Crippen LogP) is 3.10. The van der Waals surface area contributed by atoms with E-state index in [0.29, 0.717) is 31.2 Å². The molecule has 0 amide bonds. The first-order chi connectivity index (χ1) is 14.6. The molecule has 7 heteroatoms. The van der Waals surface area contributed by atoms with Gasteiger partial charge in [0.25, 0.3) is 0 Å². The molecule has 2 heterocycles. The molecule has 31 heavy (non-hydrogen) atoms. The molecule has 0 aromatic carbocycles. The quantitative estimate of drug-likeness (QED) is 0.693. The summed E-state index contributed by atoms with van der Waals surface area (Å²) in [6.07, 6.45) is 5.76. The van der Waals surface area contributed by atoms with E-state index in [4.69, 9.17) is 9.15 Å². The van der Waals surface area contributed by atoms with Crippen LogP contribution in [0.3, 0.4) is 0 Å². The Balaban J connectivity index is 1.58. The Morgan fingerprint density at radius 2 is 1.87 bits per heavy atom. The van der Waals surface area contributed by atoms with Crippen molar-refractivity contribution < 1.29 is 29.0 Å². The van der Waals surface area contributed by atoms with Gasteiger partial charge in [0, 0.05) is 17.9 Å². The van der Waals surface area contributed by atoms with Crippen LogP contribution in [0.4, 0.5) is 0 Å². The lowest BCUT2D eigenvalue weighted by Gasteiger charge is -2.53. The lowest BCUT2D eigenvalue weighted by Crippen LogP contribution is -2.57. The van der Waals surface area contributed by atoms with E-state index in [1.165, 1.54) is 12.3 Å². The summed E-state index contributed by atoms with van der Waals surface area (Å²) in [7, 11) is 0. The van der Waals surface area contributed by atoms with Crippen molar-refractivity contribution in [1.29, 1.82) is 0 Å². The summed E-state index contributed by atoms with van der Waals surface area (Å²) in [6, 6.07) is 2.94. The molecule has 1 saturated heterocycles. The van der Waals surface area contributed by atoms with Gasteiger partial charge in [0.05, 0.1) is 18.3 Å². The van der Waals surface area contributed by atoms with Crippen LogP contribution in [0.5, 0.6) is 0 Å². The number of carbonyl (C=O) groups excluding carboxylic acids is 1. The fourth-order valence-electron chi connectivity index (χ4n) is 7.84. The van der Waals surface area contributed by atoms with E-state index in [9.17, 15) is 24.6 Å². The fraction of sp³-hybridized carbons (Fsp3) is 0.708. The van der Waals surface area contributed by atoms with Crippen LogP contribution in [0.2, 0.25) is 0 Å². The van der Waals surface area contributed by atoms with Gasteiger partial charge >= 0.3 is 17.6 Å². The summed E-state index contributed by atoms with van der Waals surface area (Å²) in [5.74, 6) is -1.94. The van der Waals surface area contributed by atoms with Crippen molar-refractivity contribution in [2.45, 2.75) is 76.4 Å². The van der Waals surface area contributed by atoms with E-state index in [2.05, 4.69) is 6.92 Å². The van der Waals surface area contributed by atoms with E-state index in [1.54, 1.807) is 13.0 Å². The van der Waals surface area contributed by atoms with Crippen LogP contribution in [-0.2, 0) is 14.3 Å². The molecule has 168 valence electrons. The first-order valence-corrected chi connectivity index (χ1v) is 11.4. The fourth-order valence-corrected chi connectivity index (χ4v) is 7.84. The molecule has 2 N–H and O–H groups in total. The molecule has 3 aliphatic carbocycles. The van der Waals surface area contributed by atoms with Gasteiger partial charge in [-0.25, -0.2) is 4.79 Å². The number of rotatable bonds is 2. The first kappa shape index (κ1) is 20.7. The monoisotopic (exact) mass is 430 g/mol. The van der Waals surface area contributed by atoms with Crippen molar-refractivity contribution in [2.75, 3.05) is 0 Å². The van der Waals surface area contributed by atoms with E-state index in [1.807, 2.05) is 0 Å². The van der Waals surface area contributed by atoms with Crippen LogP contribution in [-0.4, -0.2) is 33.9 Å². The van der Waals surface area contributed by atoms with Gasteiger partial charge in [0.2, 0.25) is 0 Å². The normalized spacial score (nSPS) is 46.4. The van der Waals surface area contributed by atoms with Crippen LogP contribution in [0.15, 0.2) is 27.6 Å². The van der Waals surface area contributed by atoms with E-state index in [0.717, 1.165) is 19.3 Å². The zero-order valence-corrected chi connectivity index (χ0v) is 18.0.